The van der Waals surface area contributed by atoms with Gasteiger partial charge in [-0.15, -0.1) is 0 Å². The van der Waals surface area contributed by atoms with Gasteiger partial charge in [0.1, 0.15) is 5.75 Å². The number of unbranched alkanes of at least 4 members (excludes halogenated alkanes) is 1. The average Bonchev–Trinajstić information content (AvgIpc) is 2.49. The number of rotatable bonds is 10. The molecule has 112 valence electrons. The molecule has 2 nitrogen and oxygen atoms in total. The summed E-state index contributed by atoms with van der Waals surface area (Å²) in [4.78, 5) is 12.3. The van der Waals surface area contributed by atoms with Gasteiger partial charge < -0.3 is 4.74 Å². The molecular formula is C18H28O2. The molecule has 2 heteroatoms. The lowest BCUT2D eigenvalue weighted by Crippen LogP contribution is -2.08. The van der Waals surface area contributed by atoms with Crippen molar-refractivity contribution in [2.45, 2.75) is 59.3 Å². The van der Waals surface area contributed by atoms with Gasteiger partial charge in [0.15, 0.2) is 5.78 Å². The van der Waals surface area contributed by atoms with Crippen LogP contribution in [0.25, 0.3) is 0 Å². The van der Waals surface area contributed by atoms with Crippen molar-refractivity contribution in [3.63, 3.8) is 0 Å². The molecule has 0 spiro atoms. The Hall–Kier alpha value is -1.31. The predicted octanol–water partition coefficient (Wildman–Crippen LogP) is 5.26. The van der Waals surface area contributed by atoms with Crippen LogP contribution in [0.4, 0.5) is 0 Å². The standard InChI is InChI=1S/C18H28O2/c1-4-7-9-15(6-3)13-18(19)16-10-8-11-17(14-16)20-12-5-2/h8,10-11,14-15H,4-7,9,12-13H2,1-3H3. The highest BCUT2D eigenvalue weighted by molar-refractivity contribution is 5.96. The molecule has 0 saturated carbocycles. The highest BCUT2D eigenvalue weighted by Gasteiger charge is 2.14. The second-order valence-corrected chi connectivity index (χ2v) is 5.42. The summed E-state index contributed by atoms with van der Waals surface area (Å²) in [6, 6.07) is 7.60. The molecule has 1 atom stereocenters. The molecule has 0 radical (unpaired) electrons. The van der Waals surface area contributed by atoms with Crippen molar-refractivity contribution >= 4 is 5.78 Å². The van der Waals surface area contributed by atoms with Crippen molar-refractivity contribution in [3.8, 4) is 5.75 Å². The van der Waals surface area contributed by atoms with Gasteiger partial charge in [0.05, 0.1) is 6.61 Å². The summed E-state index contributed by atoms with van der Waals surface area (Å²) in [5.41, 5.74) is 0.786. The number of benzene rings is 1. The first kappa shape index (κ1) is 16.7. The first-order chi connectivity index (χ1) is 9.71. The molecule has 0 aliphatic rings. The van der Waals surface area contributed by atoms with E-state index < -0.39 is 0 Å². The van der Waals surface area contributed by atoms with Crippen LogP contribution in [0, 0.1) is 5.92 Å². The third-order valence-electron chi connectivity index (χ3n) is 3.65. The minimum Gasteiger partial charge on any atom is -0.494 e. The number of hydrogen-bond donors (Lipinski definition) is 0. The highest BCUT2D eigenvalue weighted by Crippen LogP contribution is 2.21. The summed E-state index contributed by atoms with van der Waals surface area (Å²) >= 11 is 0. The van der Waals surface area contributed by atoms with Crippen molar-refractivity contribution in [1.82, 2.24) is 0 Å². The topological polar surface area (TPSA) is 26.3 Å². The maximum absolute atomic E-state index is 12.3. The van der Waals surface area contributed by atoms with Gasteiger partial charge in [0.25, 0.3) is 0 Å². The fraction of sp³-hybridized carbons (Fsp3) is 0.611. The van der Waals surface area contributed by atoms with E-state index >= 15 is 0 Å². The van der Waals surface area contributed by atoms with Crippen LogP contribution in [-0.2, 0) is 0 Å². The summed E-state index contributed by atoms with van der Waals surface area (Å²) in [5.74, 6) is 1.57. The van der Waals surface area contributed by atoms with E-state index in [1.807, 2.05) is 24.3 Å². The number of carbonyl (C=O) groups is 1. The lowest BCUT2D eigenvalue weighted by Gasteiger charge is -2.13. The first-order valence-electron chi connectivity index (χ1n) is 7.97. The number of Topliss-reactive ketones (excluding diaryl/α,β-unsaturated/α-hetero) is 1. The summed E-state index contributed by atoms with van der Waals surface area (Å²) in [5, 5.41) is 0. The predicted molar refractivity (Wildman–Crippen MR) is 84.5 cm³/mol. The average molecular weight is 276 g/mol. The molecule has 0 amide bonds. The molecule has 0 aromatic heterocycles. The minimum atomic E-state index is 0.245. The van der Waals surface area contributed by atoms with Gasteiger partial charge in [-0.3, -0.25) is 4.79 Å². The first-order valence-corrected chi connectivity index (χ1v) is 7.97. The molecule has 0 fully saturated rings. The Morgan fingerprint density at radius 2 is 2.00 bits per heavy atom. The number of ketones is 1. The Balaban J connectivity index is 2.61. The molecule has 0 heterocycles. The Labute approximate surface area is 123 Å². The van der Waals surface area contributed by atoms with Crippen molar-refractivity contribution in [2.75, 3.05) is 6.61 Å². The van der Waals surface area contributed by atoms with E-state index in [9.17, 15) is 4.79 Å². The Morgan fingerprint density at radius 1 is 1.20 bits per heavy atom. The van der Waals surface area contributed by atoms with Gasteiger partial charge in [0.2, 0.25) is 0 Å². The van der Waals surface area contributed by atoms with E-state index in [0.717, 1.165) is 30.6 Å². The fourth-order valence-electron chi connectivity index (χ4n) is 2.30. The lowest BCUT2D eigenvalue weighted by molar-refractivity contribution is 0.0956. The molecule has 0 aliphatic carbocycles. The van der Waals surface area contributed by atoms with E-state index in [-0.39, 0.29) is 5.78 Å². The third kappa shape index (κ3) is 5.77. The summed E-state index contributed by atoms with van der Waals surface area (Å²) < 4.78 is 5.59. The van der Waals surface area contributed by atoms with Crippen LogP contribution >= 0.6 is 0 Å². The number of ether oxygens (including phenoxy) is 1. The Kier molecular flexibility index (Phi) is 8.01. The molecule has 1 aromatic carbocycles. The third-order valence-corrected chi connectivity index (χ3v) is 3.65. The summed E-state index contributed by atoms with van der Waals surface area (Å²) in [6.45, 7) is 7.15. The Morgan fingerprint density at radius 3 is 2.65 bits per heavy atom. The number of hydrogen-bond acceptors (Lipinski definition) is 2. The van der Waals surface area contributed by atoms with Gasteiger partial charge in [0, 0.05) is 12.0 Å². The van der Waals surface area contributed by atoms with Gasteiger partial charge >= 0.3 is 0 Å². The second-order valence-electron chi connectivity index (χ2n) is 5.42. The van der Waals surface area contributed by atoms with Crippen LogP contribution in [0.3, 0.4) is 0 Å². The molecule has 0 bridgehead atoms. The smallest absolute Gasteiger partial charge is 0.163 e. The SMILES string of the molecule is CCCCC(CC)CC(=O)c1cccc(OCCC)c1. The molecule has 1 rings (SSSR count). The fourth-order valence-corrected chi connectivity index (χ4v) is 2.30. The van der Waals surface area contributed by atoms with E-state index in [0.29, 0.717) is 18.9 Å². The molecule has 0 aliphatic heterocycles. The van der Waals surface area contributed by atoms with Crippen LogP contribution in [0.5, 0.6) is 5.75 Å². The zero-order chi connectivity index (χ0) is 14.8. The summed E-state index contributed by atoms with van der Waals surface area (Å²) in [6.07, 6.45) is 6.29. The van der Waals surface area contributed by atoms with Crippen LogP contribution in [-0.4, -0.2) is 12.4 Å². The van der Waals surface area contributed by atoms with Gasteiger partial charge in [-0.1, -0.05) is 58.6 Å². The van der Waals surface area contributed by atoms with Crippen molar-refractivity contribution in [3.05, 3.63) is 29.8 Å². The zero-order valence-electron chi connectivity index (χ0n) is 13.2. The van der Waals surface area contributed by atoms with E-state index in [4.69, 9.17) is 4.74 Å². The molecule has 0 saturated heterocycles. The normalized spacial score (nSPS) is 12.2. The zero-order valence-corrected chi connectivity index (χ0v) is 13.2. The van der Waals surface area contributed by atoms with Crippen LogP contribution in [0.1, 0.15) is 69.7 Å². The maximum atomic E-state index is 12.3. The van der Waals surface area contributed by atoms with E-state index in [1.165, 1.54) is 12.8 Å². The van der Waals surface area contributed by atoms with Crippen LogP contribution in [0.15, 0.2) is 24.3 Å². The van der Waals surface area contributed by atoms with Crippen LogP contribution in [0.2, 0.25) is 0 Å². The molecule has 0 N–H and O–H groups in total. The monoisotopic (exact) mass is 276 g/mol. The van der Waals surface area contributed by atoms with Crippen molar-refractivity contribution in [1.29, 1.82) is 0 Å². The van der Waals surface area contributed by atoms with Crippen LogP contribution < -0.4 is 4.74 Å². The van der Waals surface area contributed by atoms with E-state index in [1.54, 1.807) is 0 Å². The molecule has 1 aromatic rings. The quantitative estimate of drug-likeness (QED) is 0.544. The highest BCUT2D eigenvalue weighted by atomic mass is 16.5. The van der Waals surface area contributed by atoms with Gasteiger partial charge in [-0.25, -0.2) is 0 Å². The molecule has 20 heavy (non-hydrogen) atoms. The largest absolute Gasteiger partial charge is 0.494 e. The van der Waals surface area contributed by atoms with Crippen molar-refractivity contribution in [2.24, 2.45) is 5.92 Å². The number of carbonyl (C=O) groups excluding carboxylic acids is 1. The van der Waals surface area contributed by atoms with Gasteiger partial charge in [-0.05, 0) is 24.5 Å². The summed E-state index contributed by atoms with van der Waals surface area (Å²) in [7, 11) is 0. The Bertz CT molecular complexity index is 398. The molecule has 1 unspecified atom stereocenters. The lowest BCUT2D eigenvalue weighted by atomic mass is 9.91. The van der Waals surface area contributed by atoms with Crippen molar-refractivity contribution < 1.29 is 9.53 Å². The van der Waals surface area contributed by atoms with E-state index in [2.05, 4.69) is 20.8 Å². The second kappa shape index (κ2) is 9.57. The minimum absolute atomic E-state index is 0.245. The maximum Gasteiger partial charge on any atom is 0.163 e. The molecular weight excluding hydrogens is 248 g/mol. The van der Waals surface area contributed by atoms with Gasteiger partial charge in [-0.2, -0.15) is 0 Å².